The summed E-state index contributed by atoms with van der Waals surface area (Å²) >= 11 is 0. The number of nitrogens with two attached hydrogens (primary N) is 1. The fraction of sp³-hybridized carbons (Fsp3) is 0.364. The summed E-state index contributed by atoms with van der Waals surface area (Å²) in [5.74, 6) is 0.810. The van der Waals surface area contributed by atoms with Crippen molar-refractivity contribution in [3.63, 3.8) is 0 Å². The molecule has 3 N–H and O–H groups in total. The van der Waals surface area contributed by atoms with Crippen molar-refractivity contribution in [2.75, 3.05) is 0 Å². The topological polar surface area (TPSA) is 59.1 Å². The molecule has 1 aliphatic carbocycles. The standard InChI is InChI=1S/C11H14N2O/c12-11(13)9-6-1-2-7-10(9)14-8-4-3-5-8/h1-2,6-8H,3-5H2,(H3,12,13). The van der Waals surface area contributed by atoms with Gasteiger partial charge in [0.25, 0.3) is 0 Å². The first kappa shape index (κ1) is 9.06. The van der Waals surface area contributed by atoms with Crippen LogP contribution >= 0.6 is 0 Å². The second kappa shape index (κ2) is 3.70. The minimum Gasteiger partial charge on any atom is -0.490 e. The molecular weight excluding hydrogens is 176 g/mol. The predicted octanol–water partition coefficient (Wildman–Crippen LogP) is 1.90. The Hall–Kier alpha value is -1.51. The lowest BCUT2D eigenvalue weighted by molar-refractivity contribution is 0.120. The molecule has 1 saturated carbocycles. The molecule has 0 aliphatic heterocycles. The molecule has 0 aromatic heterocycles. The predicted molar refractivity (Wildman–Crippen MR) is 55.7 cm³/mol. The van der Waals surface area contributed by atoms with Crippen molar-refractivity contribution in [2.24, 2.45) is 5.73 Å². The number of hydrogen-bond acceptors (Lipinski definition) is 2. The minimum atomic E-state index is 0.0694. The SMILES string of the molecule is N=C(N)c1ccccc1OC1CCC1. The number of nitrogens with one attached hydrogen (secondary N) is 1. The fourth-order valence-electron chi connectivity index (χ4n) is 1.46. The number of amidine groups is 1. The maximum absolute atomic E-state index is 7.39. The number of nitrogen functional groups attached to an aromatic ring is 1. The van der Waals surface area contributed by atoms with Crippen LogP contribution in [0, 0.1) is 5.41 Å². The van der Waals surface area contributed by atoms with Gasteiger partial charge in [0, 0.05) is 0 Å². The zero-order valence-electron chi connectivity index (χ0n) is 7.99. The Morgan fingerprint density at radius 2 is 2.07 bits per heavy atom. The molecule has 0 atom stereocenters. The average molecular weight is 190 g/mol. The van der Waals surface area contributed by atoms with E-state index in [2.05, 4.69) is 0 Å². The first-order valence-electron chi connectivity index (χ1n) is 4.87. The van der Waals surface area contributed by atoms with E-state index in [0.29, 0.717) is 11.7 Å². The molecular formula is C11H14N2O. The molecule has 0 radical (unpaired) electrons. The molecule has 3 heteroatoms. The minimum absolute atomic E-state index is 0.0694. The van der Waals surface area contributed by atoms with Crippen LogP contribution in [-0.4, -0.2) is 11.9 Å². The number of rotatable bonds is 3. The van der Waals surface area contributed by atoms with Gasteiger partial charge in [0.2, 0.25) is 0 Å². The highest BCUT2D eigenvalue weighted by atomic mass is 16.5. The van der Waals surface area contributed by atoms with E-state index >= 15 is 0 Å². The Morgan fingerprint density at radius 1 is 1.36 bits per heavy atom. The van der Waals surface area contributed by atoms with E-state index in [1.165, 1.54) is 6.42 Å². The molecule has 0 unspecified atom stereocenters. The van der Waals surface area contributed by atoms with Crippen LogP contribution < -0.4 is 10.5 Å². The van der Waals surface area contributed by atoms with E-state index in [0.717, 1.165) is 18.6 Å². The maximum Gasteiger partial charge on any atom is 0.130 e. The summed E-state index contributed by atoms with van der Waals surface area (Å²) in [6.45, 7) is 0. The number of ether oxygens (including phenoxy) is 1. The molecule has 0 heterocycles. The van der Waals surface area contributed by atoms with Gasteiger partial charge in [-0.1, -0.05) is 12.1 Å². The summed E-state index contributed by atoms with van der Waals surface area (Å²) in [5.41, 5.74) is 6.15. The van der Waals surface area contributed by atoms with Gasteiger partial charge in [-0.05, 0) is 31.4 Å². The Labute approximate surface area is 83.4 Å². The van der Waals surface area contributed by atoms with Crippen LogP contribution in [-0.2, 0) is 0 Å². The third kappa shape index (κ3) is 1.71. The molecule has 3 nitrogen and oxygen atoms in total. The average Bonchev–Trinajstić information content (AvgIpc) is 2.12. The smallest absolute Gasteiger partial charge is 0.130 e. The van der Waals surface area contributed by atoms with Gasteiger partial charge < -0.3 is 10.5 Å². The third-order valence-corrected chi connectivity index (χ3v) is 2.52. The Morgan fingerprint density at radius 3 is 2.64 bits per heavy atom. The van der Waals surface area contributed by atoms with E-state index in [-0.39, 0.29) is 5.84 Å². The van der Waals surface area contributed by atoms with Crippen molar-refractivity contribution < 1.29 is 4.74 Å². The van der Waals surface area contributed by atoms with Gasteiger partial charge in [-0.25, -0.2) is 0 Å². The largest absolute Gasteiger partial charge is 0.490 e. The van der Waals surface area contributed by atoms with E-state index in [1.54, 1.807) is 0 Å². The van der Waals surface area contributed by atoms with Crippen molar-refractivity contribution in [1.82, 2.24) is 0 Å². The molecule has 0 spiro atoms. The van der Waals surface area contributed by atoms with Crippen LogP contribution in [0.4, 0.5) is 0 Å². The molecule has 74 valence electrons. The van der Waals surface area contributed by atoms with Crippen LogP contribution in [0.5, 0.6) is 5.75 Å². The van der Waals surface area contributed by atoms with Crippen LogP contribution in [0.3, 0.4) is 0 Å². The lowest BCUT2D eigenvalue weighted by atomic mass is 9.96. The highest BCUT2D eigenvalue weighted by Crippen LogP contribution is 2.27. The lowest BCUT2D eigenvalue weighted by Crippen LogP contribution is -2.26. The number of hydrogen-bond donors (Lipinski definition) is 2. The highest BCUT2D eigenvalue weighted by molar-refractivity contribution is 5.97. The van der Waals surface area contributed by atoms with E-state index in [1.807, 2.05) is 24.3 Å². The van der Waals surface area contributed by atoms with Gasteiger partial charge >= 0.3 is 0 Å². The molecule has 1 aliphatic rings. The second-order valence-corrected chi connectivity index (χ2v) is 3.58. The zero-order chi connectivity index (χ0) is 9.97. The Balaban J connectivity index is 2.17. The van der Waals surface area contributed by atoms with Crippen LogP contribution in [0.2, 0.25) is 0 Å². The first-order valence-corrected chi connectivity index (χ1v) is 4.87. The monoisotopic (exact) mass is 190 g/mol. The van der Waals surface area contributed by atoms with Gasteiger partial charge in [-0.2, -0.15) is 0 Å². The quantitative estimate of drug-likeness (QED) is 0.565. The van der Waals surface area contributed by atoms with Crippen molar-refractivity contribution in [1.29, 1.82) is 5.41 Å². The van der Waals surface area contributed by atoms with Gasteiger partial charge in [0.05, 0.1) is 11.7 Å². The van der Waals surface area contributed by atoms with Gasteiger partial charge in [-0.15, -0.1) is 0 Å². The van der Waals surface area contributed by atoms with Crippen molar-refractivity contribution in [2.45, 2.75) is 25.4 Å². The fourth-order valence-corrected chi connectivity index (χ4v) is 1.46. The normalized spacial score (nSPS) is 16.0. The van der Waals surface area contributed by atoms with Crippen molar-refractivity contribution in [3.05, 3.63) is 29.8 Å². The lowest BCUT2D eigenvalue weighted by Gasteiger charge is -2.27. The summed E-state index contributed by atoms with van der Waals surface area (Å²) < 4.78 is 5.72. The zero-order valence-corrected chi connectivity index (χ0v) is 7.99. The van der Waals surface area contributed by atoms with Crippen LogP contribution in [0.25, 0.3) is 0 Å². The summed E-state index contributed by atoms with van der Waals surface area (Å²) in [5, 5.41) is 7.39. The third-order valence-electron chi connectivity index (χ3n) is 2.52. The van der Waals surface area contributed by atoms with E-state index < -0.39 is 0 Å². The summed E-state index contributed by atoms with van der Waals surface area (Å²) in [6, 6.07) is 7.45. The maximum atomic E-state index is 7.39. The number of para-hydroxylation sites is 1. The summed E-state index contributed by atoms with van der Waals surface area (Å²) in [7, 11) is 0. The van der Waals surface area contributed by atoms with Crippen molar-refractivity contribution in [3.8, 4) is 5.75 Å². The summed E-state index contributed by atoms with van der Waals surface area (Å²) in [4.78, 5) is 0. The van der Waals surface area contributed by atoms with Crippen LogP contribution in [0.1, 0.15) is 24.8 Å². The van der Waals surface area contributed by atoms with Crippen LogP contribution in [0.15, 0.2) is 24.3 Å². The van der Waals surface area contributed by atoms with Gasteiger partial charge in [0.1, 0.15) is 11.6 Å². The number of benzene rings is 1. The highest BCUT2D eigenvalue weighted by Gasteiger charge is 2.20. The molecule has 0 saturated heterocycles. The molecule has 14 heavy (non-hydrogen) atoms. The van der Waals surface area contributed by atoms with Gasteiger partial charge in [0.15, 0.2) is 0 Å². The molecule has 0 amide bonds. The summed E-state index contributed by atoms with van der Waals surface area (Å²) in [6.07, 6.45) is 3.81. The molecule has 1 aromatic rings. The molecule has 1 aromatic carbocycles. The first-order chi connectivity index (χ1) is 6.77. The molecule has 2 rings (SSSR count). The van der Waals surface area contributed by atoms with Gasteiger partial charge in [-0.3, -0.25) is 5.41 Å². The molecule has 0 bridgehead atoms. The molecule has 1 fully saturated rings. The van der Waals surface area contributed by atoms with Crippen molar-refractivity contribution >= 4 is 5.84 Å². The Bertz CT molecular complexity index is 345. The second-order valence-electron chi connectivity index (χ2n) is 3.58. The van der Waals surface area contributed by atoms with E-state index in [4.69, 9.17) is 15.9 Å². The Kier molecular flexibility index (Phi) is 2.39. The van der Waals surface area contributed by atoms with E-state index in [9.17, 15) is 0 Å².